The first-order valence-corrected chi connectivity index (χ1v) is 16.2. The summed E-state index contributed by atoms with van der Waals surface area (Å²) in [5.41, 5.74) is 9.36. The molecule has 0 amide bonds. The summed E-state index contributed by atoms with van der Waals surface area (Å²) in [6.45, 7) is 0. The lowest BCUT2D eigenvalue weighted by Gasteiger charge is -2.14. The predicted octanol–water partition coefficient (Wildman–Crippen LogP) is 11.7. The highest BCUT2D eigenvalue weighted by molar-refractivity contribution is 6.23. The van der Waals surface area contributed by atoms with E-state index in [0.717, 1.165) is 44.8 Å². The van der Waals surface area contributed by atoms with Crippen molar-refractivity contribution in [3.05, 3.63) is 176 Å². The third-order valence-electron chi connectivity index (χ3n) is 9.15. The molecule has 7 aromatic carbocycles. The standard InChI is InChI=1S/C45H29N3/c1-2-11-32(12-3-1)42-28-43(35-14-8-13-34(26-35)37-15-9-25-46-29-37)48-45(47-42)33-22-19-31(20-23-33)41-27-36-24-21-30-10-4-5-16-38(30)44(36)40-18-7-6-17-39(40)41/h1-29H. The average Bonchev–Trinajstić information content (AvgIpc) is 3.18. The minimum absolute atomic E-state index is 0.694. The zero-order valence-electron chi connectivity index (χ0n) is 26.1. The zero-order chi connectivity index (χ0) is 31.9. The van der Waals surface area contributed by atoms with E-state index < -0.39 is 0 Å². The maximum atomic E-state index is 5.13. The fraction of sp³-hybridized carbons (Fsp3) is 0. The van der Waals surface area contributed by atoms with Crippen molar-refractivity contribution in [1.82, 2.24) is 15.0 Å². The van der Waals surface area contributed by atoms with Gasteiger partial charge in [-0.25, -0.2) is 9.97 Å². The first kappa shape index (κ1) is 27.8. The zero-order valence-corrected chi connectivity index (χ0v) is 26.1. The second kappa shape index (κ2) is 11.7. The third kappa shape index (κ3) is 4.99. The Kier molecular flexibility index (Phi) is 6.80. The van der Waals surface area contributed by atoms with Gasteiger partial charge in [0.1, 0.15) is 0 Å². The number of fused-ring (bicyclic) bond motifs is 5. The summed E-state index contributed by atoms with van der Waals surface area (Å²) in [4.78, 5) is 14.5. The molecule has 0 unspecified atom stereocenters. The Balaban J connectivity index is 1.16. The van der Waals surface area contributed by atoms with Crippen LogP contribution in [0.2, 0.25) is 0 Å². The Bertz CT molecular complexity index is 2590. The molecule has 48 heavy (non-hydrogen) atoms. The molecule has 0 radical (unpaired) electrons. The summed E-state index contributed by atoms with van der Waals surface area (Å²) in [7, 11) is 0. The highest BCUT2D eigenvalue weighted by Crippen LogP contribution is 2.39. The highest BCUT2D eigenvalue weighted by atomic mass is 14.9. The first-order valence-electron chi connectivity index (χ1n) is 16.2. The van der Waals surface area contributed by atoms with Gasteiger partial charge in [-0.2, -0.15) is 0 Å². The Morgan fingerprint density at radius 3 is 1.81 bits per heavy atom. The van der Waals surface area contributed by atoms with Crippen LogP contribution >= 0.6 is 0 Å². The molecule has 0 fully saturated rings. The molecule has 0 N–H and O–H groups in total. The Morgan fingerprint density at radius 2 is 1.00 bits per heavy atom. The summed E-state index contributed by atoms with van der Waals surface area (Å²) in [5.74, 6) is 0.694. The molecule has 0 aliphatic rings. The average molecular weight is 612 g/mol. The molecule has 224 valence electrons. The number of nitrogens with zero attached hydrogens (tertiary/aromatic N) is 3. The molecule has 0 saturated carbocycles. The first-order chi connectivity index (χ1) is 23.8. The number of aromatic nitrogens is 3. The predicted molar refractivity (Wildman–Crippen MR) is 200 cm³/mol. The van der Waals surface area contributed by atoms with Gasteiger partial charge >= 0.3 is 0 Å². The van der Waals surface area contributed by atoms with Gasteiger partial charge in [0, 0.05) is 34.6 Å². The Labute approximate surface area is 278 Å². The van der Waals surface area contributed by atoms with Crippen LogP contribution in [0.5, 0.6) is 0 Å². The minimum atomic E-state index is 0.694. The van der Waals surface area contributed by atoms with Crippen LogP contribution in [-0.4, -0.2) is 15.0 Å². The molecule has 0 spiro atoms. The number of benzene rings is 7. The van der Waals surface area contributed by atoms with E-state index in [0.29, 0.717) is 5.82 Å². The van der Waals surface area contributed by atoms with Crippen molar-refractivity contribution in [3.63, 3.8) is 0 Å². The van der Waals surface area contributed by atoms with Gasteiger partial charge in [-0.1, -0.05) is 140 Å². The largest absolute Gasteiger partial charge is 0.264 e. The van der Waals surface area contributed by atoms with Crippen LogP contribution in [0.1, 0.15) is 0 Å². The van der Waals surface area contributed by atoms with E-state index in [1.54, 1.807) is 6.20 Å². The van der Waals surface area contributed by atoms with Gasteiger partial charge in [-0.15, -0.1) is 0 Å². The molecule has 2 heterocycles. The SMILES string of the molecule is c1ccc(-c2cc(-c3cccc(-c4cccnc4)c3)nc(-c3ccc(-c4cc5ccc6ccccc6c5c5ccccc45)cc3)n2)cc1. The van der Waals surface area contributed by atoms with E-state index in [-0.39, 0.29) is 0 Å². The topological polar surface area (TPSA) is 38.7 Å². The summed E-state index contributed by atoms with van der Waals surface area (Å²) in [6.07, 6.45) is 3.69. The van der Waals surface area contributed by atoms with Crippen LogP contribution in [0.25, 0.3) is 88.5 Å². The van der Waals surface area contributed by atoms with Crippen LogP contribution < -0.4 is 0 Å². The minimum Gasteiger partial charge on any atom is -0.264 e. The van der Waals surface area contributed by atoms with Crippen LogP contribution in [-0.2, 0) is 0 Å². The van der Waals surface area contributed by atoms with E-state index in [9.17, 15) is 0 Å². The van der Waals surface area contributed by atoms with E-state index in [1.807, 2.05) is 30.5 Å². The van der Waals surface area contributed by atoms with Crippen LogP contribution in [0, 0.1) is 0 Å². The number of rotatable bonds is 5. The Hall–Kier alpha value is -6.45. The van der Waals surface area contributed by atoms with E-state index in [1.165, 1.54) is 37.9 Å². The summed E-state index contributed by atoms with van der Waals surface area (Å²) < 4.78 is 0. The molecule has 0 aliphatic carbocycles. The van der Waals surface area contributed by atoms with Crippen molar-refractivity contribution in [2.45, 2.75) is 0 Å². The lowest BCUT2D eigenvalue weighted by atomic mass is 9.90. The molecule has 0 saturated heterocycles. The molecule has 0 bridgehead atoms. The van der Waals surface area contributed by atoms with Gasteiger partial charge in [-0.05, 0) is 73.3 Å². The second-order valence-electron chi connectivity index (χ2n) is 12.1. The van der Waals surface area contributed by atoms with Crippen LogP contribution in [0.15, 0.2) is 176 Å². The molecular weight excluding hydrogens is 583 g/mol. The third-order valence-corrected chi connectivity index (χ3v) is 9.15. The van der Waals surface area contributed by atoms with Crippen LogP contribution in [0.3, 0.4) is 0 Å². The fourth-order valence-electron chi connectivity index (χ4n) is 6.79. The van der Waals surface area contributed by atoms with Gasteiger partial charge in [0.2, 0.25) is 0 Å². The van der Waals surface area contributed by atoms with Gasteiger partial charge in [0.05, 0.1) is 11.4 Å². The van der Waals surface area contributed by atoms with Crippen molar-refractivity contribution in [1.29, 1.82) is 0 Å². The van der Waals surface area contributed by atoms with Gasteiger partial charge in [0.25, 0.3) is 0 Å². The number of pyridine rings is 1. The molecule has 3 nitrogen and oxygen atoms in total. The number of hydrogen-bond donors (Lipinski definition) is 0. The maximum Gasteiger partial charge on any atom is 0.160 e. The maximum absolute atomic E-state index is 5.13. The van der Waals surface area contributed by atoms with Crippen molar-refractivity contribution in [2.75, 3.05) is 0 Å². The van der Waals surface area contributed by atoms with E-state index >= 15 is 0 Å². The second-order valence-corrected chi connectivity index (χ2v) is 12.1. The lowest BCUT2D eigenvalue weighted by Crippen LogP contribution is -1.96. The Morgan fingerprint density at radius 1 is 0.354 bits per heavy atom. The summed E-state index contributed by atoms with van der Waals surface area (Å²) in [6, 6.07) is 57.8. The molecule has 2 aromatic heterocycles. The van der Waals surface area contributed by atoms with E-state index in [2.05, 4.69) is 145 Å². The van der Waals surface area contributed by atoms with Gasteiger partial charge in [-0.3, -0.25) is 4.98 Å². The molecule has 0 atom stereocenters. The molecule has 9 aromatic rings. The summed E-state index contributed by atoms with van der Waals surface area (Å²) in [5, 5.41) is 7.59. The van der Waals surface area contributed by atoms with Crippen molar-refractivity contribution in [3.8, 4) is 56.2 Å². The monoisotopic (exact) mass is 611 g/mol. The van der Waals surface area contributed by atoms with Crippen molar-refractivity contribution >= 4 is 32.3 Å². The normalized spacial score (nSPS) is 11.3. The van der Waals surface area contributed by atoms with Crippen LogP contribution in [0.4, 0.5) is 0 Å². The fourth-order valence-corrected chi connectivity index (χ4v) is 6.79. The molecule has 9 rings (SSSR count). The quantitative estimate of drug-likeness (QED) is 0.182. The summed E-state index contributed by atoms with van der Waals surface area (Å²) >= 11 is 0. The van der Waals surface area contributed by atoms with Gasteiger partial charge < -0.3 is 0 Å². The van der Waals surface area contributed by atoms with Crippen molar-refractivity contribution in [2.24, 2.45) is 0 Å². The smallest absolute Gasteiger partial charge is 0.160 e. The molecular formula is C45H29N3. The highest BCUT2D eigenvalue weighted by Gasteiger charge is 2.14. The van der Waals surface area contributed by atoms with Gasteiger partial charge in [0.15, 0.2) is 5.82 Å². The molecule has 0 aliphatic heterocycles. The van der Waals surface area contributed by atoms with E-state index in [4.69, 9.17) is 9.97 Å². The number of hydrogen-bond acceptors (Lipinski definition) is 3. The lowest BCUT2D eigenvalue weighted by molar-refractivity contribution is 1.18. The molecule has 3 heteroatoms. The van der Waals surface area contributed by atoms with Crippen molar-refractivity contribution < 1.29 is 0 Å².